The first-order valence-electron chi connectivity index (χ1n) is 17.1. The van der Waals surface area contributed by atoms with Crippen LogP contribution in [0.25, 0.3) is 110 Å². The summed E-state index contributed by atoms with van der Waals surface area (Å²) in [5.74, 6) is 0.671. The lowest BCUT2D eigenvalue weighted by molar-refractivity contribution is 1.01. The number of benzene rings is 8. The van der Waals surface area contributed by atoms with Crippen molar-refractivity contribution in [2.24, 2.45) is 0 Å². The van der Waals surface area contributed by atoms with Crippen LogP contribution in [0.4, 0.5) is 0 Å². The van der Waals surface area contributed by atoms with Crippen LogP contribution in [-0.4, -0.2) is 18.9 Å². The first-order chi connectivity index (χ1) is 24.8. The summed E-state index contributed by atoms with van der Waals surface area (Å²) in [6, 6.07) is 56.9. The van der Waals surface area contributed by atoms with Crippen molar-refractivity contribution in [3.63, 3.8) is 0 Å². The average molecular weight is 635 g/mol. The SMILES string of the molecule is c1ccc2cc(-c3nc(-n4c5ccccc5c5c6c7ccccc7n7c8cc9ccccc9cc8c(cc54)c67)nc4ccccc34)ccc2c1. The summed E-state index contributed by atoms with van der Waals surface area (Å²) in [5, 5.41) is 13.4. The minimum Gasteiger partial charge on any atom is -0.308 e. The maximum Gasteiger partial charge on any atom is 0.235 e. The molecule has 230 valence electrons. The van der Waals surface area contributed by atoms with Crippen molar-refractivity contribution < 1.29 is 0 Å². The van der Waals surface area contributed by atoms with E-state index in [1.54, 1.807) is 0 Å². The Morgan fingerprint density at radius 3 is 1.84 bits per heavy atom. The van der Waals surface area contributed by atoms with Gasteiger partial charge >= 0.3 is 0 Å². The maximum absolute atomic E-state index is 5.45. The van der Waals surface area contributed by atoms with Crippen molar-refractivity contribution in [1.82, 2.24) is 18.9 Å². The number of nitrogens with zero attached hydrogens (tertiary/aromatic N) is 4. The lowest BCUT2D eigenvalue weighted by atomic mass is 10.0. The molecule has 12 aromatic rings. The molecule has 0 aliphatic rings. The number of aromatic nitrogens is 4. The van der Waals surface area contributed by atoms with Crippen molar-refractivity contribution in [2.45, 2.75) is 0 Å². The topological polar surface area (TPSA) is 35.1 Å². The van der Waals surface area contributed by atoms with Crippen LogP contribution in [0.3, 0.4) is 0 Å². The second-order valence-electron chi connectivity index (χ2n) is 13.4. The van der Waals surface area contributed by atoms with E-state index in [1.807, 2.05) is 0 Å². The largest absolute Gasteiger partial charge is 0.308 e. The molecule has 0 unspecified atom stereocenters. The number of para-hydroxylation sites is 3. The summed E-state index contributed by atoms with van der Waals surface area (Å²) in [4.78, 5) is 10.7. The monoisotopic (exact) mass is 634 g/mol. The van der Waals surface area contributed by atoms with Gasteiger partial charge in [-0.15, -0.1) is 0 Å². The van der Waals surface area contributed by atoms with Gasteiger partial charge in [0.05, 0.1) is 38.8 Å². The zero-order valence-electron chi connectivity index (χ0n) is 26.8. The van der Waals surface area contributed by atoms with E-state index in [1.165, 1.54) is 70.4 Å². The van der Waals surface area contributed by atoms with Crippen LogP contribution in [0.2, 0.25) is 0 Å². The molecule has 8 aromatic carbocycles. The van der Waals surface area contributed by atoms with Crippen LogP contribution >= 0.6 is 0 Å². The first-order valence-corrected chi connectivity index (χ1v) is 17.1. The van der Waals surface area contributed by atoms with Crippen LogP contribution in [0.15, 0.2) is 158 Å². The second-order valence-corrected chi connectivity index (χ2v) is 13.4. The standard InChI is InChI=1S/C46H26N4/c1-2-12-28-23-31(22-21-27(28)11-1)44-32-15-5-8-18-37(32)47-46(48-44)50-39-20-10-6-16-33(39)42-41(50)26-36-35-24-29-13-3-4-14-30(29)25-40(35)49-38-19-9-7-17-34(38)43(42)45(36)49/h1-26H. The van der Waals surface area contributed by atoms with Crippen molar-refractivity contribution in [3.05, 3.63) is 158 Å². The first kappa shape index (κ1) is 26.2. The Bertz CT molecular complexity index is 3380. The Hall–Kier alpha value is -6.78. The fourth-order valence-electron chi connectivity index (χ4n) is 8.63. The zero-order valence-corrected chi connectivity index (χ0v) is 26.8. The van der Waals surface area contributed by atoms with Gasteiger partial charge in [-0.05, 0) is 64.0 Å². The van der Waals surface area contributed by atoms with E-state index in [0.29, 0.717) is 5.95 Å². The summed E-state index contributed by atoms with van der Waals surface area (Å²) < 4.78 is 4.78. The van der Waals surface area contributed by atoms with Gasteiger partial charge in [0, 0.05) is 43.3 Å². The third kappa shape index (κ3) is 3.34. The molecule has 4 heteroatoms. The quantitative estimate of drug-likeness (QED) is 0.190. The summed E-state index contributed by atoms with van der Waals surface area (Å²) in [6.45, 7) is 0. The van der Waals surface area contributed by atoms with Gasteiger partial charge in [-0.2, -0.15) is 0 Å². The highest BCUT2D eigenvalue weighted by Crippen LogP contribution is 2.47. The Morgan fingerprint density at radius 2 is 1.02 bits per heavy atom. The summed E-state index contributed by atoms with van der Waals surface area (Å²) in [5.41, 5.74) is 8.86. The lowest BCUT2D eigenvalue weighted by Crippen LogP contribution is -2.03. The molecule has 0 N–H and O–H groups in total. The third-order valence-corrected chi connectivity index (χ3v) is 10.8. The van der Waals surface area contributed by atoms with E-state index in [-0.39, 0.29) is 0 Å². The smallest absolute Gasteiger partial charge is 0.235 e. The third-order valence-electron chi connectivity index (χ3n) is 10.8. The van der Waals surface area contributed by atoms with E-state index in [2.05, 4.69) is 167 Å². The molecule has 0 aliphatic heterocycles. The Morgan fingerprint density at radius 1 is 0.380 bits per heavy atom. The molecular weight excluding hydrogens is 609 g/mol. The molecule has 4 aromatic heterocycles. The fourth-order valence-corrected chi connectivity index (χ4v) is 8.63. The predicted molar refractivity (Wildman–Crippen MR) is 209 cm³/mol. The molecule has 0 atom stereocenters. The van der Waals surface area contributed by atoms with Crippen molar-refractivity contribution >= 4 is 92.3 Å². The van der Waals surface area contributed by atoms with Crippen LogP contribution in [0, 0.1) is 0 Å². The van der Waals surface area contributed by atoms with Gasteiger partial charge in [-0.3, -0.25) is 4.57 Å². The molecule has 0 fully saturated rings. The summed E-state index contributed by atoms with van der Waals surface area (Å²) in [7, 11) is 0. The fraction of sp³-hybridized carbons (Fsp3) is 0. The van der Waals surface area contributed by atoms with Gasteiger partial charge in [0.2, 0.25) is 5.95 Å². The highest BCUT2D eigenvalue weighted by atomic mass is 15.2. The van der Waals surface area contributed by atoms with E-state index in [0.717, 1.165) is 33.2 Å². The molecule has 0 bridgehead atoms. The average Bonchev–Trinajstić information content (AvgIpc) is 3.80. The molecule has 0 aliphatic carbocycles. The van der Waals surface area contributed by atoms with Gasteiger partial charge < -0.3 is 4.40 Å². The number of rotatable bonds is 2. The normalized spacial score (nSPS) is 12.4. The van der Waals surface area contributed by atoms with E-state index in [9.17, 15) is 0 Å². The van der Waals surface area contributed by atoms with Crippen LogP contribution < -0.4 is 0 Å². The Labute approximate surface area is 285 Å². The Balaban J connectivity index is 1.27. The number of hydrogen-bond donors (Lipinski definition) is 0. The van der Waals surface area contributed by atoms with Crippen molar-refractivity contribution in [2.75, 3.05) is 0 Å². The molecule has 4 nitrogen and oxygen atoms in total. The minimum atomic E-state index is 0.671. The lowest BCUT2D eigenvalue weighted by Gasteiger charge is -2.12. The van der Waals surface area contributed by atoms with E-state index in [4.69, 9.17) is 9.97 Å². The zero-order chi connectivity index (χ0) is 32.5. The molecule has 0 spiro atoms. The minimum absolute atomic E-state index is 0.671. The van der Waals surface area contributed by atoms with E-state index >= 15 is 0 Å². The molecule has 0 saturated heterocycles. The highest BCUT2D eigenvalue weighted by molar-refractivity contribution is 6.36. The van der Waals surface area contributed by atoms with Gasteiger partial charge in [0.15, 0.2) is 0 Å². The molecule has 0 saturated carbocycles. The molecule has 0 radical (unpaired) electrons. The van der Waals surface area contributed by atoms with Gasteiger partial charge in [0.1, 0.15) is 0 Å². The predicted octanol–water partition coefficient (Wildman–Crippen LogP) is 11.9. The van der Waals surface area contributed by atoms with Gasteiger partial charge in [-0.25, -0.2) is 9.97 Å². The van der Waals surface area contributed by atoms with Gasteiger partial charge in [-0.1, -0.05) is 115 Å². The van der Waals surface area contributed by atoms with Crippen LogP contribution in [0.1, 0.15) is 0 Å². The van der Waals surface area contributed by atoms with E-state index < -0.39 is 0 Å². The molecule has 0 amide bonds. The summed E-state index contributed by atoms with van der Waals surface area (Å²) >= 11 is 0. The van der Waals surface area contributed by atoms with Crippen LogP contribution in [0.5, 0.6) is 0 Å². The van der Waals surface area contributed by atoms with Crippen molar-refractivity contribution in [1.29, 1.82) is 0 Å². The maximum atomic E-state index is 5.45. The Kier molecular flexibility index (Phi) is 4.94. The molecule has 4 heterocycles. The summed E-state index contributed by atoms with van der Waals surface area (Å²) in [6.07, 6.45) is 0. The van der Waals surface area contributed by atoms with Crippen molar-refractivity contribution in [3.8, 4) is 17.2 Å². The molecular formula is C46H26N4. The van der Waals surface area contributed by atoms with Gasteiger partial charge in [0.25, 0.3) is 0 Å². The second kappa shape index (κ2) is 9.43. The molecule has 12 rings (SSSR count). The number of fused-ring (bicyclic) bond motifs is 13. The number of hydrogen-bond acceptors (Lipinski definition) is 2. The van der Waals surface area contributed by atoms with Crippen LogP contribution in [-0.2, 0) is 0 Å². The molecule has 50 heavy (non-hydrogen) atoms. The highest BCUT2D eigenvalue weighted by Gasteiger charge is 2.25.